The number of allylic oxidation sites excluding steroid dienone is 2. The second-order valence-electron chi connectivity index (χ2n) is 7.85. The van der Waals surface area contributed by atoms with E-state index in [0.29, 0.717) is 28.2 Å². The molecule has 9 heteroatoms. The van der Waals surface area contributed by atoms with Crippen LogP contribution in [0.15, 0.2) is 59.5 Å². The van der Waals surface area contributed by atoms with Gasteiger partial charge in [0.25, 0.3) is 0 Å². The topological polar surface area (TPSA) is 153 Å². The zero-order valence-corrected chi connectivity index (χ0v) is 17.6. The molecule has 2 unspecified atom stereocenters. The van der Waals surface area contributed by atoms with E-state index in [1.54, 1.807) is 36.8 Å². The van der Waals surface area contributed by atoms with Gasteiger partial charge in [0.05, 0.1) is 29.6 Å². The summed E-state index contributed by atoms with van der Waals surface area (Å²) in [5, 5.41) is 24.0. The number of aromatic nitrogens is 2. The van der Waals surface area contributed by atoms with E-state index in [9.17, 15) is 10.1 Å². The maximum Gasteiger partial charge on any atom is 0.226 e. The van der Waals surface area contributed by atoms with Crippen molar-refractivity contribution in [2.45, 2.75) is 25.9 Å². The Morgan fingerprint density at radius 3 is 2.81 bits per heavy atom. The van der Waals surface area contributed by atoms with E-state index in [1.165, 1.54) is 0 Å². The largest absolute Gasteiger partial charge is 0.383 e. The van der Waals surface area contributed by atoms with Gasteiger partial charge in [0, 0.05) is 35.0 Å². The van der Waals surface area contributed by atoms with E-state index in [1.807, 2.05) is 26.0 Å². The van der Waals surface area contributed by atoms with Crippen LogP contribution in [0.4, 0.5) is 11.5 Å². The Labute approximate surface area is 185 Å². The number of aliphatic imine (C=N–C) groups is 1. The third kappa shape index (κ3) is 3.98. The number of carbonyl (C=O) groups excluding carboxylic acids is 1. The number of rotatable bonds is 5. The van der Waals surface area contributed by atoms with Crippen molar-refractivity contribution in [1.82, 2.24) is 15.3 Å². The third-order valence-electron chi connectivity index (χ3n) is 5.24. The molecule has 1 aliphatic heterocycles. The van der Waals surface area contributed by atoms with Crippen LogP contribution in [-0.2, 0) is 4.79 Å². The summed E-state index contributed by atoms with van der Waals surface area (Å²) in [6.45, 7) is 3.63. The summed E-state index contributed by atoms with van der Waals surface area (Å²) in [7, 11) is 0. The van der Waals surface area contributed by atoms with Crippen molar-refractivity contribution in [3.05, 3.63) is 60.1 Å². The highest BCUT2D eigenvalue weighted by molar-refractivity contribution is 6.47. The highest BCUT2D eigenvalue weighted by Gasteiger charge is 2.33. The molecule has 0 aromatic carbocycles. The maximum absolute atomic E-state index is 12.0. The van der Waals surface area contributed by atoms with Gasteiger partial charge < -0.3 is 16.4 Å². The lowest BCUT2D eigenvalue weighted by atomic mass is 9.97. The predicted octanol–water partition coefficient (Wildman–Crippen LogP) is 2.45. The second kappa shape index (κ2) is 8.43. The van der Waals surface area contributed by atoms with Gasteiger partial charge >= 0.3 is 0 Å². The van der Waals surface area contributed by atoms with Gasteiger partial charge in [-0.1, -0.05) is 26.0 Å². The zero-order valence-electron chi connectivity index (χ0n) is 17.6. The first-order valence-electron chi connectivity index (χ1n) is 10.1. The number of amidine groups is 1. The predicted molar refractivity (Wildman–Crippen MR) is 123 cm³/mol. The van der Waals surface area contributed by atoms with Crippen LogP contribution >= 0.6 is 0 Å². The minimum absolute atomic E-state index is 0.0918. The highest BCUT2D eigenvalue weighted by atomic mass is 16.1. The molecular weight excluding hydrogens is 404 g/mol. The van der Waals surface area contributed by atoms with E-state index in [2.05, 4.69) is 31.7 Å². The Kier molecular flexibility index (Phi) is 5.52. The van der Waals surface area contributed by atoms with Crippen LogP contribution in [0, 0.1) is 22.7 Å². The number of nitrogens with one attached hydrogen (secondary N) is 3. The van der Waals surface area contributed by atoms with Gasteiger partial charge in [-0.2, -0.15) is 5.26 Å². The van der Waals surface area contributed by atoms with Crippen LogP contribution in [0.1, 0.15) is 19.4 Å². The molecule has 2 aromatic rings. The molecule has 0 spiro atoms. The second-order valence-corrected chi connectivity index (χ2v) is 7.85. The Bertz CT molecular complexity index is 1230. The Morgan fingerprint density at radius 2 is 2.06 bits per heavy atom. The molecule has 2 aliphatic rings. The van der Waals surface area contributed by atoms with Gasteiger partial charge in [-0.15, -0.1) is 0 Å². The number of hydrogen-bond donors (Lipinski definition) is 4. The minimum atomic E-state index is -0.358. The molecule has 0 saturated carbocycles. The molecule has 1 aliphatic carbocycles. The van der Waals surface area contributed by atoms with Gasteiger partial charge in [0.1, 0.15) is 23.4 Å². The van der Waals surface area contributed by atoms with E-state index in [4.69, 9.17) is 11.1 Å². The standard InChI is InChI=1S/C23H22N8O/c1-12(2)23(32)29-16-6-14(9-27-11-16)15-7-17(21(26)28-10-15)19(25)22-30-18-5-3-4-13(8-24)20(18)31-22/h3-7,9-12,18,20,25H,1-2H3,(H2,26,28)(H,29,32)(H,30,31). The fourth-order valence-corrected chi connectivity index (χ4v) is 3.44. The van der Waals surface area contributed by atoms with Crippen LogP contribution < -0.4 is 16.4 Å². The SMILES string of the molecule is CC(C)C(=O)Nc1cncc(-c2cnc(N)c(C(=N)C3=NC4C(C#N)=CC=CC4N3)c2)c1. The van der Waals surface area contributed by atoms with Crippen molar-refractivity contribution >= 4 is 29.0 Å². The molecule has 160 valence electrons. The fraction of sp³-hybridized carbons (Fsp3) is 0.217. The monoisotopic (exact) mass is 426 g/mol. The maximum atomic E-state index is 12.0. The molecule has 4 rings (SSSR count). The number of amides is 1. The summed E-state index contributed by atoms with van der Waals surface area (Å²) in [5.41, 5.74) is 9.12. The van der Waals surface area contributed by atoms with Crippen LogP contribution in [0.2, 0.25) is 0 Å². The molecule has 0 fully saturated rings. The number of fused-ring (bicyclic) bond motifs is 1. The lowest BCUT2D eigenvalue weighted by Crippen LogP contribution is -2.37. The fourth-order valence-electron chi connectivity index (χ4n) is 3.44. The number of carbonyl (C=O) groups is 1. The molecule has 0 saturated heterocycles. The van der Waals surface area contributed by atoms with Crippen LogP contribution in [0.25, 0.3) is 11.1 Å². The average Bonchev–Trinajstić information content (AvgIpc) is 3.23. The summed E-state index contributed by atoms with van der Waals surface area (Å²) >= 11 is 0. The van der Waals surface area contributed by atoms with Gasteiger partial charge in [-0.05, 0) is 18.2 Å². The number of nitriles is 1. The summed E-state index contributed by atoms with van der Waals surface area (Å²) < 4.78 is 0. The van der Waals surface area contributed by atoms with Crippen LogP contribution in [-0.4, -0.2) is 39.5 Å². The van der Waals surface area contributed by atoms with Crippen molar-refractivity contribution in [2.24, 2.45) is 10.9 Å². The van der Waals surface area contributed by atoms with Gasteiger partial charge in [-0.25, -0.2) is 4.98 Å². The van der Waals surface area contributed by atoms with Gasteiger partial charge in [-0.3, -0.25) is 20.2 Å². The van der Waals surface area contributed by atoms with E-state index in [0.717, 1.165) is 5.56 Å². The molecule has 1 amide bonds. The molecule has 5 N–H and O–H groups in total. The Hall–Kier alpha value is -4.32. The number of pyridine rings is 2. The number of hydrogen-bond acceptors (Lipinski definition) is 8. The van der Waals surface area contributed by atoms with Crippen molar-refractivity contribution in [1.29, 1.82) is 10.7 Å². The minimum Gasteiger partial charge on any atom is -0.383 e. The first-order valence-corrected chi connectivity index (χ1v) is 10.1. The molecule has 0 bridgehead atoms. The van der Waals surface area contributed by atoms with Crippen molar-refractivity contribution < 1.29 is 4.79 Å². The first kappa shape index (κ1) is 20.9. The molecule has 2 aromatic heterocycles. The highest BCUT2D eigenvalue weighted by Crippen LogP contribution is 2.26. The molecule has 0 radical (unpaired) electrons. The number of nitrogens with zero attached hydrogens (tertiary/aromatic N) is 4. The van der Waals surface area contributed by atoms with Crippen molar-refractivity contribution in [3.8, 4) is 17.2 Å². The lowest BCUT2D eigenvalue weighted by molar-refractivity contribution is -0.118. The first-order chi connectivity index (χ1) is 15.4. The summed E-state index contributed by atoms with van der Waals surface area (Å²) in [4.78, 5) is 25.0. The average molecular weight is 426 g/mol. The number of nitrogen functional groups attached to an aromatic ring is 1. The molecule has 32 heavy (non-hydrogen) atoms. The molecule has 9 nitrogen and oxygen atoms in total. The smallest absolute Gasteiger partial charge is 0.226 e. The lowest BCUT2D eigenvalue weighted by Gasteiger charge is -2.16. The third-order valence-corrected chi connectivity index (χ3v) is 5.24. The van der Waals surface area contributed by atoms with E-state index in [-0.39, 0.29) is 35.4 Å². The quantitative estimate of drug-likeness (QED) is 0.539. The Morgan fingerprint density at radius 1 is 1.28 bits per heavy atom. The summed E-state index contributed by atoms with van der Waals surface area (Å²) in [5.74, 6) is 0.295. The molecular formula is C23H22N8O. The number of nitrogens with two attached hydrogens (primary N) is 1. The number of anilines is 2. The van der Waals surface area contributed by atoms with Crippen molar-refractivity contribution in [2.75, 3.05) is 11.1 Å². The molecule has 2 atom stereocenters. The summed E-state index contributed by atoms with van der Waals surface area (Å²) in [6.07, 6.45) is 10.3. The van der Waals surface area contributed by atoms with Crippen LogP contribution in [0.3, 0.4) is 0 Å². The van der Waals surface area contributed by atoms with E-state index < -0.39 is 0 Å². The zero-order chi connectivity index (χ0) is 22.8. The van der Waals surface area contributed by atoms with E-state index >= 15 is 0 Å². The van der Waals surface area contributed by atoms with Gasteiger partial charge in [0.15, 0.2) is 0 Å². The van der Waals surface area contributed by atoms with Crippen LogP contribution in [0.5, 0.6) is 0 Å². The van der Waals surface area contributed by atoms with Crippen molar-refractivity contribution in [3.63, 3.8) is 0 Å². The van der Waals surface area contributed by atoms with Gasteiger partial charge in [0.2, 0.25) is 5.91 Å². The normalized spacial score (nSPS) is 18.8. The molecule has 3 heterocycles. The Balaban J connectivity index is 1.62. The summed E-state index contributed by atoms with van der Waals surface area (Å²) in [6, 6.07) is 5.17.